The highest BCUT2D eigenvalue weighted by atomic mass is 31.2. The van der Waals surface area contributed by atoms with E-state index in [1.807, 2.05) is 6.92 Å². The topological polar surface area (TPSA) is 83.8 Å². The van der Waals surface area contributed by atoms with Gasteiger partial charge in [0.2, 0.25) is 7.37 Å². The van der Waals surface area contributed by atoms with Crippen molar-refractivity contribution in [3.05, 3.63) is 10.6 Å². The number of allylic oxidation sites excluding steroid dienone is 2. The quantitative estimate of drug-likeness (QED) is 0.663. The molecule has 0 aliphatic carbocycles. The van der Waals surface area contributed by atoms with Crippen LogP contribution in [0, 0.1) is 0 Å². The molecule has 5 nitrogen and oxygen atoms in total. The Hall–Kier alpha value is 0.0800. The van der Waals surface area contributed by atoms with Crippen LogP contribution in [0.2, 0.25) is 0 Å². The molecule has 0 rings (SSSR count). The van der Waals surface area contributed by atoms with Gasteiger partial charge in [0, 0.05) is 16.8 Å². The zero-order valence-corrected chi connectivity index (χ0v) is 13.3. The molecule has 0 fully saturated rings. The molecule has 7 heteroatoms. The van der Waals surface area contributed by atoms with Gasteiger partial charge in [-0.25, -0.2) is 0 Å². The Kier molecular flexibility index (Phi) is 7.65. The molecule has 0 heterocycles. The third kappa shape index (κ3) is 4.64. The highest BCUT2D eigenvalue weighted by Gasteiger charge is 2.34. The van der Waals surface area contributed by atoms with Crippen molar-refractivity contribution in [1.29, 1.82) is 0 Å². The second-order valence-electron chi connectivity index (χ2n) is 3.96. The minimum Gasteiger partial charge on any atom is -0.326 e. The monoisotopic (exact) mass is 298 g/mol. The van der Waals surface area contributed by atoms with Crippen LogP contribution in [0.25, 0.3) is 0 Å². The number of rotatable bonds is 8. The van der Waals surface area contributed by atoms with E-state index in [0.29, 0.717) is 24.3 Å². The average Bonchev–Trinajstić information content (AvgIpc) is 2.24. The third-order valence-corrected chi connectivity index (χ3v) is 7.21. The summed E-state index contributed by atoms with van der Waals surface area (Å²) in [4.78, 5) is 18.7. The first kappa shape index (κ1) is 18.1. The van der Waals surface area contributed by atoms with Gasteiger partial charge in [0.15, 0.2) is 0 Å². The molecule has 0 aromatic rings. The lowest BCUT2D eigenvalue weighted by Crippen LogP contribution is -2.02. The number of hydrogen-bond acceptors (Lipinski definition) is 3. The molecule has 0 bridgehead atoms. The first-order chi connectivity index (χ1) is 8.26. The van der Waals surface area contributed by atoms with Crippen molar-refractivity contribution >= 4 is 15.0 Å². The van der Waals surface area contributed by atoms with E-state index < -0.39 is 15.0 Å². The summed E-state index contributed by atoms with van der Waals surface area (Å²) in [5.74, 6) is 0. The maximum absolute atomic E-state index is 12.8. The molecular weight excluding hydrogens is 274 g/mol. The van der Waals surface area contributed by atoms with Crippen LogP contribution in [0.5, 0.6) is 0 Å². The summed E-state index contributed by atoms with van der Waals surface area (Å²) < 4.78 is 29.6. The second kappa shape index (κ2) is 7.62. The van der Waals surface area contributed by atoms with Gasteiger partial charge in [-0.2, -0.15) is 0 Å². The molecule has 0 aromatic carbocycles. The standard InChI is InChI=1S/C11H24O5P2/c1-5-9-17(12,16-8-4)10(6-2)11(7-3)18(13,14)15/h5-9H2,1-4H3,(H2,13,14,15). The lowest BCUT2D eigenvalue weighted by Gasteiger charge is -2.23. The summed E-state index contributed by atoms with van der Waals surface area (Å²) in [6.07, 6.45) is 1.51. The Labute approximate surface area is 109 Å². The molecule has 2 N–H and O–H groups in total. The molecule has 18 heavy (non-hydrogen) atoms. The molecule has 0 aliphatic rings. The van der Waals surface area contributed by atoms with Gasteiger partial charge >= 0.3 is 7.60 Å². The van der Waals surface area contributed by atoms with Gasteiger partial charge in [-0.3, -0.25) is 9.13 Å². The van der Waals surface area contributed by atoms with Crippen LogP contribution in [0.4, 0.5) is 0 Å². The van der Waals surface area contributed by atoms with Crippen LogP contribution in [0.15, 0.2) is 10.6 Å². The van der Waals surface area contributed by atoms with E-state index in [2.05, 4.69) is 0 Å². The van der Waals surface area contributed by atoms with Gasteiger partial charge in [-0.1, -0.05) is 20.8 Å². The largest absolute Gasteiger partial charge is 0.352 e. The van der Waals surface area contributed by atoms with Crippen LogP contribution < -0.4 is 0 Å². The van der Waals surface area contributed by atoms with Gasteiger partial charge in [0.05, 0.1) is 6.61 Å². The van der Waals surface area contributed by atoms with Crippen LogP contribution in [0.3, 0.4) is 0 Å². The Morgan fingerprint density at radius 2 is 1.50 bits per heavy atom. The Bertz CT molecular complexity index is 373. The highest BCUT2D eigenvalue weighted by molar-refractivity contribution is 7.65. The molecule has 0 spiro atoms. The Balaban J connectivity index is 5.82. The summed E-state index contributed by atoms with van der Waals surface area (Å²) in [6.45, 7) is 7.30. The molecule has 108 valence electrons. The third-order valence-electron chi connectivity index (χ3n) is 2.62. The predicted molar refractivity (Wildman–Crippen MR) is 74.0 cm³/mol. The van der Waals surface area contributed by atoms with E-state index >= 15 is 0 Å². The van der Waals surface area contributed by atoms with Crippen molar-refractivity contribution < 1.29 is 23.4 Å². The lowest BCUT2D eigenvalue weighted by molar-refractivity contribution is 0.336. The van der Waals surface area contributed by atoms with Gasteiger partial charge in [0.25, 0.3) is 0 Å². The van der Waals surface area contributed by atoms with E-state index in [9.17, 15) is 18.9 Å². The van der Waals surface area contributed by atoms with Crippen molar-refractivity contribution in [3.8, 4) is 0 Å². The zero-order valence-electron chi connectivity index (χ0n) is 11.5. The fraction of sp³-hybridized carbons (Fsp3) is 0.818. The first-order valence-corrected chi connectivity index (χ1v) is 9.71. The Morgan fingerprint density at radius 3 is 1.78 bits per heavy atom. The second-order valence-corrected chi connectivity index (χ2v) is 8.18. The lowest BCUT2D eigenvalue weighted by atomic mass is 10.3. The highest BCUT2D eigenvalue weighted by Crippen LogP contribution is 2.63. The Morgan fingerprint density at radius 1 is 1.00 bits per heavy atom. The van der Waals surface area contributed by atoms with Gasteiger partial charge in [0.1, 0.15) is 0 Å². The van der Waals surface area contributed by atoms with Gasteiger partial charge in [-0.15, -0.1) is 0 Å². The predicted octanol–water partition coefficient (Wildman–Crippen LogP) is 3.92. The summed E-state index contributed by atoms with van der Waals surface area (Å²) in [6, 6.07) is 0. The molecule has 0 aromatic heterocycles. The van der Waals surface area contributed by atoms with E-state index in [0.717, 1.165) is 0 Å². The molecule has 1 unspecified atom stereocenters. The first-order valence-electron chi connectivity index (χ1n) is 6.29. The summed E-state index contributed by atoms with van der Waals surface area (Å²) in [7, 11) is -7.48. The van der Waals surface area contributed by atoms with E-state index in [1.54, 1.807) is 20.8 Å². The number of hydrogen-bond donors (Lipinski definition) is 2. The smallest absolute Gasteiger partial charge is 0.326 e. The minimum atomic E-state index is -4.36. The average molecular weight is 298 g/mol. The normalized spacial score (nSPS) is 17.2. The van der Waals surface area contributed by atoms with Crippen LogP contribution in [0.1, 0.15) is 47.0 Å². The van der Waals surface area contributed by atoms with E-state index in [1.165, 1.54) is 0 Å². The van der Waals surface area contributed by atoms with Crippen molar-refractivity contribution in [3.63, 3.8) is 0 Å². The van der Waals surface area contributed by atoms with Crippen molar-refractivity contribution in [2.75, 3.05) is 12.8 Å². The van der Waals surface area contributed by atoms with E-state index in [-0.39, 0.29) is 18.3 Å². The molecular formula is C11H24O5P2. The molecule has 0 saturated carbocycles. The molecule has 0 amide bonds. The molecule has 0 aliphatic heterocycles. The zero-order chi connectivity index (χ0) is 14.4. The van der Waals surface area contributed by atoms with Gasteiger partial charge in [-0.05, 0) is 26.2 Å². The molecule has 0 radical (unpaired) electrons. The molecule has 1 atom stereocenters. The maximum Gasteiger partial charge on any atom is 0.352 e. The fourth-order valence-electron chi connectivity index (χ4n) is 2.00. The van der Waals surface area contributed by atoms with Crippen molar-refractivity contribution in [2.45, 2.75) is 47.0 Å². The molecule has 0 saturated heterocycles. The van der Waals surface area contributed by atoms with Crippen LogP contribution in [-0.4, -0.2) is 22.6 Å². The summed E-state index contributed by atoms with van der Waals surface area (Å²) in [5, 5.41) is 0.303. The van der Waals surface area contributed by atoms with Crippen LogP contribution in [-0.2, 0) is 13.7 Å². The van der Waals surface area contributed by atoms with E-state index in [4.69, 9.17) is 4.52 Å². The van der Waals surface area contributed by atoms with Crippen molar-refractivity contribution in [1.82, 2.24) is 0 Å². The van der Waals surface area contributed by atoms with Crippen LogP contribution >= 0.6 is 15.0 Å². The SMILES string of the molecule is CCCP(=O)(OCC)C(CC)=C(CC)P(=O)(O)O. The summed E-state index contributed by atoms with van der Waals surface area (Å²) >= 11 is 0. The summed E-state index contributed by atoms with van der Waals surface area (Å²) in [5.41, 5.74) is 0. The minimum absolute atomic E-state index is 0.0183. The maximum atomic E-state index is 12.8. The van der Waals surface area contributed by atoms with Gasteiger partial charge < -0.3 is 14.3 Å². The fourth-order valence-corrected chi connectivity index (χ4v) is 6.35. The van der Waals surface area contributed by atoms with Crippen molar-refractivity contribution in [2.24, 2.45) is 0 Å².